The summed E-state index contributed by atoms with van der Waals surface area (Å²) in [6.07, 6.45) is 0.165. The quantitative estimate of drug-likeness (QED) is 0.0317. The fourth-order valence-electron chi connectivity index (χ4n) is 3.45. The van der Waals surface area contributed by atoms with Crippen LogP contribution < -0.4 is 22.1 Å². The van der Waals surface area contributed by atoms with Crippen LogP contribution in [-0.4, -0.2) is 136 Å². The standard InChI is InChI=1S/C24H39N5O12/c1-3-5-36-7-9-38-11-12-39-10-8-37-6-4-27-24(35)41-20(17(32)14-30)21-19(28-15(2)31)16(29-23(25)26)13-18(40-21)22(33)34/h1,13,16-17,19-21,30,32H,4-12,14H2,2H3,(H,27,35)(H,28,31)(H,33,34)(H4,25,26,29)/t16-,17+,19+,20+,21+/m0/s1. The number of carbonyl (C=O) groups excluding carboxylic acids is 2. The minimum Gasteiger partial charge on any atom is -0.477 e. The van der Waals surface area contributed by atoms with Crippen LogP contribution in [0.5, 0.6) is 0 Å². The van der Waals surface area contributed by atoms with Crippen molar-refractivity contribution >= 4 is 23.9 Å². The molecular formula is C24H39N5O12. The lowest BCUT2D eigenvalue weighted by molar-refractivity contribution is -0.146. The van der Waals surface area contributed by atoms with Gasteiger partial charge < -0.3 is 65.8 Å². The van der Waals surface area contributed by atoms with E-state index in [0.29, 0.717) is 26.4 Å². The molecule has 232 valence electrons. The number of nitrogens with one attached hydrogen (secondary N) is 2. The van der Waals surface area contributed by atoms with E-state index in [1.807, 2.05) is 0 Å². The van der Waals surface area contributed by atoms with Crippen LogP contribution in [-0.2, 0) is 38.0 Å². The van der Waals surface area contributed by atoms with E-state index in [-0.39, 0.29) is 33.0 Å². The summed E-state index contributed by atoms with van der Waals surface area (Å²) >= 11 is 0. The number of terminal acetylenes is 1. The number of aliphatic hydroxyl groups is 2. The molecule has 1 aliphatic rings. The number of hydrogen-bond acceptors (Lipinski definition) is 12. The highest BCUT2D eigenvalue weighted by molar-refractivity contribution is 5.85. The van der Waals surface area contributed by atoms with Gasteiger partial charge in [-0.1, -0.05) is 5.92 Å². The molecule has 0 aromatic heterocycles. The summed E-state index contributed by atoms with van der Waals surface area (Å²) in [4.78, 5) is 39.9. The van der Waals surface area contributed by atoms with Gasteiger partial charge in [-0.2, -0.15) is 0 Å². The van der Waals surface area contributed by atoms with Crippen molar-refractivity contribution in [3.8, 4) is 12.3 Å². The van der Waals surface area contributed by atoms with Crippen molar-refractivity contribution in [1.82, 2.24) is 10.6 Å². The Morgan fingerprint density at radius 1 is 1.10 bits per heavy atom. The number of hydrogen-bond donors (Lipinski definition) is 7. The zero-order chi connectivity index (χ0) is 30.6. The molecule has 9 N–H and O–H groups in total. The largest absolute Gasteiger partial charge is 0.477 e. The van der Waals surface area contributed by atoms with Gasteiger partial charge >= 0.3 is 12.1 Å². The van der Waals surface area contributed by atoms with Gasteiger partial charge in [0.25, 0.3) is 0 Å². The van der Waals surface area contributed by atoms with Crippen LogP contribution in [0.3, 0.4) is 0 Å². The molecule has 1 heterocycles. The molecule has 41 heavy (non-hydrogen) atoms. The monoisotopic (exact) mass is 589 g/mol. The number of carboxylic acid groups (broad SMARTS) is 1. The molecule has 0 saturated heterocycles. The van der Waals surface area contributed by atoms with Crippen molar-refractivity contribution in [3.63, 3.8) is 0 Å². The number of aliphatic carboxylic acids is 1. The zero-order valence-electron chi connectivity index (χ0n) is 22.7. The molecule has 17 heteroatoms. The first-order chi connectivity index (χ1) is 19.6. The van der Waals surface area contributed by atoms with Crippen LogP contribution in [0.4, 0.5) is 4.79 Å². The predicted molar refractivity (Wildman–Crippen MR) is 141 cm³/mol. The van der Waals surface area contributed by atoms with Gasteiger partial charge in [-0.3, -0.25) is 4.79 Å². The van der Waals surface area contributed by atoms with Gasteiger partial charge in [0.2, 0.25) is 11.7 Å². The number of aliphatic imine (C=N–C) groups is 1. The van der Waals surface area contributed by atoms with Crippen molar-refractivity contribution < 1.29 is 58.1 Å². The van der Waals surface area contributed by atoms with E-state index in [0.717, 1.165) is 6.08 Å². The van der Waals surface area contributed by atoms with Gasteiger partial charge in [-0.05, 0) is 6.08 Å². The molecule has 5 atom stereocenters. The highest BCUT2D eigenvalue weighted by atomic mass is 16.6. The average molecular weight is 590 g/mol. The smallest absolute Gasteiger partial charge is 0.407 e. The molecule has 0 aliphatic carbocycles. The average Bonchev–Trinajstić information content (AvgIpc) is 2.91. The Hall–Kier alpha value is -3.66. The summed E-state index contributed by atoms with van der Waals surface area (Å²) in [6.45, 7) is 2.63. The first-order valence-corrected chi connectivity index (χ1v) is 12.6. The first-order valence-electron chi connectivity index (χ1n) is 12.6. The Morgan fingerprint density at radius 3 is 2.20 bits per heavy atom. The number of carbonyl (C=O) groups is 3. The van der Waals surface area contributed by atoms with Gasteiger partial charge in [0, 0.05) is 13.5 Å². The van der Waals surface area contributed by atoms with Crippen molar-refractivity contribution in [3.05, 3.63) is 11.8 Å². The number of amides is 2. The third-order valence-corrected chi connectivity index (χ3v) is 5.14. The van der Waals surface area contributed by atoms with E-state index in [4.69, 9.17) is 46.3 Å². The number of guanidine groups is 1. The maximum Gasteiger partial charge on any atom is 0.407 e. The Morgan fingerprint density at radius 2 is 1.68 bits per heavy atom. The number of ether oxygens (including phenoxy) is 6. The lowest BCUT2D eigenvalue weighted by Crippen LogP contribution is -2.61. The topological polar surface area (TPSA) is 256 Å². The number of nitrogens with two attached hydrogens (primary N) is 2. The second-order valence-corrected chi connectivity index (χ2v) is 8.33. The molecule has 1 rings (SSSR count). The van der Waals surface area contributed by atoms with E-state index in [9.17, 15) is 29.7 Å². The second kappa shape index (κ2) is 20.3. The van der Waals surface area contributed by atoms with E-state index < -0.39 is 66.7 Å². The van der Waals surface area contributed by atoms with Crippen molar-refractivity contribution in [2.45, 2.75) is 37.3 Å². The first kappa shape index (κ1) is 35.4. The van der Waals surface area contributed by atoms with Gasteiger partial charge in [-0.25, -0.2) is 14.6 Å². The van der Waals surface area contributed by atoms with E-state index in [1.165, 1.54) is 6.92 Å². The van der Waals surface area contributed by atoms with Crippen LogP contribution in [0, 0.1) is 12.3 Å². The van der Waals surface area contributed by atoms with Gasteiger partial charge in [0.05, 0.1) is 64.9 Å². The Bertz CT molecular complexity index is 921. The molecule has 2 amide bonds. The normalized spacial score (nSPS) is 19.5. The molecule has 0 bridgehead atoms. The molecule has 0 fully saturated rings. The Balaban J connectivity index is 2.60. The Labute approximate surface area is 237 Å². The molecule has 0 radical (unpaired) electrons. The highest BCUT2D eigenvalue weighted by Gasteiger charge is 2.46. The summed E-state index contributed by atoms with van der Waals surface area (Å²) in [5.74, 6) is -0.784. The number of rotatable bonds is 20. The lowest BCUT2D eigenvalue weighted by atomic mass is 9.92. The van der Waals surface area contributed by atoms with Gasteiger partial charge in [0.15, 0.2) is 18.2 Å². The molecule has 0 spiro atoms. The second-order valence-electron chi connectivity index (χ2n) is 8.33. The fraction of sp³-hybridized carbons (Fsp3) is 0.667. The summed E-state index contributed by atoms with van der Waals surface area (Å²) in [7, 11) is 0. The molecule has 0 aromatic rings. The molecular weight excluding hydrogens is 550 g/mol. The molecule has 17 nitrogen and oxygen atoms in total. The third-order valence-electron chi connectivity index (χ3n) is 5.14. The molecule has 0 saturated carbocycles. The van der Waals surface area contributed by atoms with Crippen LogP contribution in [0.2, 0.25) is 0 Å². The minimum atomic E-state index is -1.73. The molecule has 1 aliphatic heterocycles. The fourth-order valence-corrected chi connectivity index (χ4v) is 3.45. The Kier molecular flexibility index (Phi) is 17.5. The van der Waals surface area contributed by atoms with Crippen molar-refractivity contribution in [2.75, 3.05) is 66.0 Å². The zero-order valence-corrected chi connectivity index (χ0v) is 22.7. The molecule has 0 aromatic carbocycles. The number of alkyl carbamates (subject to hydrolysis) is 1. The maximum atomic E-state index is 12.5. The summed E-state index contributed by atoms with van der Waals surface area (Å²) < 4.78 is 31.7. The lowest BCUT2D eigenvalue weighted by Gasteiger charge is -2.39. The summed E-state index contributed by atoms with van der Waals surface area (Å²) in [5, 5.41) is 34.3. The predicted octanol–water partition coefficient (Wildman–Crippen LogP) is -3.35. The van der Waals surface area contributed by atoms with Crippen LogP contribution in [0.1, 0.15) is 6.92 Å². The molecule has 0 unspecified atom stereocenters. The highest BCUT2D eigenvalue weighted by Crippen LogP contribution is 2.26. The van der Waals surface area contributed by atoms with Crippen LogP contribution in [0.15, 0.2) is 16.8 Å². The van der Waals surface area contributed by atoms with E-state index >= 15 is 0 Å². The van der Waals surface area contributed by atoms with E-state index in [2.05, 4.69) is 21.5 Å². The van der Waals surface area contributed by atoms with E-state index in [1.54, 1.807) is 0 Å². The minimum absolute atomic E-state index is 0.000899. The maximum absolute atomic E-state index is 12.5. The van der Waals surface area contributed by atoms with Gasteiger partial charge in [-0.15, -0.1) is 6.42 Å². The van der Waals surface area contributed by atoms with Gasteiger partial charge in [0.1, 0.15) is 12.7 Å². The van der Waals surface area contributed by atoms with Crippen molar-refractivity contribution in [1.29, 1.82) is 0 Å². The summed E-state index contributed by atoms with van der Waals surface area (Å²) in [5.41, 5.74) is 10.9. The third kappa shape index (κ3) is 14.5. The van der Waals surface area contributed by atoms with Crippen LogP contribution in [0.25, 0.3) is 0 Å². The van der Waals surface area contributed by atoms with Crippen molar-refractivity contribution in [2.24, 2.45) is 16.5 Å². The number of nitrogens with zero attached hydrogens (tertiary/aromatic N) is 1. The van der Waals surface area contributed by atoms with Crippen LogP contribution >= 0.6 is 0 Å². The SMILES string of the molecule is C#CCOCCOCCOCCOCCNC(=O)O[C@@H]([C@@H]1OC(C(=O)O)=C[C@H](N=C(N)N)[C@H]1NC(C)=O)[C@H](O)CO. The number of aliphatic hydroxyl groups excluding tert-OH is 2. The summed E-state index contributed by atoms with van der Waals surface area (Å²) in [6, 6.07) is -2.35. The number of carboxylic acids is 1.